The zero-order chi connectivity index (χ0) is 12.6. The fourth-order valence-corrected chi connectivity index (χ4v) is 1.97. The van der Waals surface area contributed by atoms with Gasteiger partial charge in [-0.25, -0.2) is 4.68 Å². The van der Waals surface area contributed by atoms with Crippen molar-refractivity contribution in [1.82, 2.24) is 15.0 Å². The van der Waals surface area contributed by atoms with Gasteiger partial charge in [0.1, 0.15) is 0 Å². The summed E-state index contributed by atoms with van der Waals surface area (Å²) in [5, 5.41) is 8.68. The lowest BCUT2D eigenvalue weighted by atomic mass is 9.91. The van der Waals surface area contributed by atoms with E-state index in [-0.39, 0.29) is 5.41 Å². The molecule has 90 valence electrons. The summed E-state index contributed by atoms with van der Waals surface area (Å²) in [6, 6.07) is 7.46. The molecular weight excluding hydrogens is 236 g/mol. The van der Waals surface area contributed by atoms with E-state index in [9.17, 15) is 0 Å². The van der Waals surface area contributed by atoms with Crippen molar-refractivity contribution < 1.29 is 0 Å². The molecular formula is C12H15ClN4. The van der Waals surface area contributed by atoms with Gasteiger partial charge >= 0.3 is 0 Å². The lowest BCUT2D eigenvalue weighted by Gasteiger charge is -2.20. The Hall–Kier alpha value is -1.55. The van der Waals surface area contributed by atoms with E-state index in [0.29, 0.717) is 10.8 Å². The number of hydrogen-bond acceptors (Lipinski definition) is 3. The van der Waals surface area contributed by atoms with Crippen molar-refractivity contribution in [3.8, 4) is 5.69 Å². The predicted molar refractivity (Wildman–Crippen MR) is 69.5 cm³/mol. The second-order valence-corrected chi connectivity index (χ2v) is 5.40. The Balaban J connectivity index is 2.61. The highest BCUT2D eigenvalue weighted by molar-refractivity contribution is 6.30. The van der Waals surface area contributed by atoms with Crippen LogP contribution in [-0.2, 0) is 5.41 Å². The molecule has 0 unspecified atom stereocenters. The Morgan fingerprint density at radius 2 is 2.00 bits per heavy atom. The Morgan fingerprint density at radius 3 is 2.59 bits per heavy atom. The number of aromatic nitrogens is 3. The quantitative estimate of drug-likeness (QED) is 0.847. The van der Waals surface area contributed by atoms with Gasteiger partial charge in [0, 0.05) is 10.4 Å². The summed E-state index contributed by atoms with van der Waals surface area (Å²) in [6.07, 6.45) is 0. The van der Waals surface area contributed by atoms with E-state index in [4.69, 9.17) is 17.3 Å². The lowest BCUT2D eigenvalue weighted by molar-refractivity contribution is 0.544. The summed E-state index contributed by atoms with van der Waals surface area (Å²) < 4.78 is 1.74. The van der Waals surface area contributed by atoms with Gasteiger partial charge < -0.3 is 5.73 Å². The molecule has 17 heavy (non-hydrogen) atoms. The molecule has 1 aromatic carbocycles. The van der Waals surface area contributed by atoms with Gasteiger partial charge in [-0.15, -0.1) is 5.10 Å². The van der Waals surface area contributed by atoms with Crippen molar-refractivity contribution in [3.63, 3.8) is 0 Å². The van der Waals surface area contributed by atoms with E-state index >= 15 is 0 Å². The Morgan fingerprint density at radius 1 is 1.29 bits per heavy atom. The molecule has 0 aliphatic carbocycles. The first-order valence-electron chi connectivity index (χ1n) is 5.37. The minimum atomic E-state index is -0.129. The minimum Gasteiger partial charge on any atom is -0.381 e. The smallest absolute Gasteiger partial charge is 0.170 e. The van der Waals surface area contributed by atoms with Crippen LogP contribution in [0.3, 0.4) is 0 Å². The van der Waals surface area contributed by atoms with E-state index in [0.717, 1.165) is 11.4 Å². The normalized spacial score (nSPS) is 11.8. The van der Waals surface area contributed by atoms with E-state index in [1.807, 2.05) is 24.3 Å². The summed E-state index contributed by atoms with van der Waals surface area (Å²) >= 11 is 5.98. The van der Waals surface area contributed by atoms with Crippen molar-refractivity contribution in [2.75, 3.05) is 5.73 Å². The molecule has 0 amide bonds. The van der Waals surface area contributed by atoms with Crippen LogP contribution < -0.4 is 5.73 Å². The van der Waals surface area contributed by atoms with Crippen LogP contribution in [0.2, 0.25) is 5.02 Å². The number of hydrogen-bond donors (Lipinski definition) is 1. The van der Waals surface area contributed by atoms with Crippen LogP contribution in [0.15, 0.2) is 24.3 Å². The van der Waals surface area contributed by atoms with Gasteiger partial charge in [-0.05, 0) is 18.2 Å². The Kier molecular flexibility index (Phi) is 2.83. The molecule has 2 N–H and O–H groups in total. The van der Waals surface area contributed by atoms with Gasteiger partial charge in [-0.3, -0.25) is 0 Å². The second-order valence-electron chi connectivity index (χ2n) is 4.96. The lowest BCUT2D eigenvalue weighted by Crippen LogP contribution is -2.19. The van der Waals surface area contributed by atoms with Gasteiger partial charge in [-0.1, -0.05) is 43.7 Å². The van der Waals surface area contributed by atoms with Crippen LogP contribution in [0.4, 0.5) is 5.82 Å². The van der Waals surface area contributed by atoms with Gasteiger partial charge in [0.05, 0.1) is 11.4 Å². The number of nitrogen functional groups attached to an aromatic ring is 1. The molecule has 0 saturated carbocycles. The van der Waals surface area contributed by atoms with Crippen LogP contribution in [0, 0.1) is 0 Å². The van der Waals surface area contributed by atoms with E-state index < -0.39 is 0 Å². The number of benzene rings is 1. The molecule has 0 bridgehead atoms. The molecule has 0 spiro atoms. The van der Waals surface area contributed by atoms with Crippen LogP contribution in [0.5, 0.6) is 0 Å². The molecule has 1 heterocycles. The standard InChI is InChI=1S/C12H15ClN4/c1-12(2,3)10-11(14)15-16-17(10)9-6-4-5-8(13)7-9/h4-7H,14H2,1-3H3. The number of halogens is 1. The van der Waals surface area contributed by atoms with Crippen LogP contribution in [-0.4, -0.2) is 15.0 Å². The zero-order valence-electron chi connectivity index (χ0n) is 10.1. The van der Waals surface area contributed by atoms with Crippen molar-refractivity contribution >= 4 is 17.4 Å². The molecule has 0 aliphatic heterocycles. The van der Waals surface area contributed by atoms with Crippen LogP contribution >= 0.6 is 11.6 Å². The number of nitrogens with zero attached hydrogens (tertiary/aromatic N) is 3. The first-order valence-corrected chi connectivity index (χ1v) is 5.75. The first kappa shape index (κ1) is 11.9. The highest BCUT2D eigenvalue weighted by atomic mass is 35.5. The summed E-state index contributed by atoms with van der Waals surface area (Å²) in [6.45, 7) is 6.22. The number of rotatable bonds is 1. The summed E-state index contributed by atoms with van der Waals surface area (Å²) in [7, 11) is 0. The molecule has 4 nitrogen and oxygen atoms in total. The number of nitrogens with two attached hydrogens (primary N) is 1. The van der Waals surface area contributed by atoms with E-state index in [2.05, 4.69) is 31.1 Å². The third-order valence-electron chi connectivity index (χ3n) is 2.46. The molecule has 0 aliphatic rings. The Bertz CT molecular complexity index is 540. The van der Waals surface area contributed by atoms with Crippen molar-refractivity contribution in [1.29, 1.82) is 0 Å². The molecule has 0 saturated heterocycles. The maximum Gasteiger partial charge on any atom is 0.170 e. The third kappa shape index (κ3) is 2.26. The second kappa shape index (κ2) is 4.04. The predicted octanol–water partition coefficient (Wildman–Crippen LogP) is 2.80. The Labute approximate surface area is 105 Å². The fourth-order valence-electron chi connectivity index (χ4n) is 1.78. The minimum absolute atomic E-state index is 0.129. The molecule has 2 aromatic rings. The average molecular weight is 251 g/mol. The SMILES string of the molecule is CC(C)(C)c1c(N)nnn1-c1cccc(Cl)c1. The molecule has 0 atom stereocenters. The molecule has 0 radical (unpaired) electrons. The molecule has 0 fully saturated rings. The van der Waals surface area contributed by atoms with Crippen molar-refractivity contribution in [3.05, 3.63) is 35.0 Å². The van der Waals surface area contributed by atoms with Crippen molar-refractivity contribution in [2.45, 2.75) is 26.2 Å². The van der Waals surface area contributed by atoms with Gasteiger partial charge in [0.25, 0.3) is 0 Å². The average Bonchev–Trinajstić information content (AvgIpc) is 2.59. The summed E-state index contributed by atoms with van der Waals surface area (Å²) in [5.41, 5.74) is 7.50. The summed E-state index contributed by atoms with van der Waals surface area (Å²) in [5.74, 6) is 0.456. The van der Waals surface area contributed by atoms with E-state index in [1.165, 1.54) is 0 Å². The first-order chi connectivity index (χ1) is 7.89. The van der Waals surface area contributed by atoms with Crippen LogP contribution in [0.25, 0.3) is 5.69 Å². The highest BCUT2D eigenvalue weighted by Gasteiger charge is 2.24. The van der Waals surface area contributed by atoms with Gasteiger partial charge in [-0.2, -0.15) is 0 Å². The van der Waals surface area contributed by atoms with E-state index in [1.54, 1.807) is 4.68 Å². The monoisotopic (exact) mass is 250 g/mol. The molecule has 1 aromatic heterocycles. The maximum atomic E-state index is 5.98. The number of anilines is 1. The van der Waals surface area contributed by atoms with Gasteiger partial charge in [0.15, 0.2) is 5.82 Å². The molecule has 5 heteroatoms. The zero-order valence-corrected chi connectivity index (χ0v) is 10.9. The third-order valence-corrected chi connectivity index (χ3v) is 2.69. The fraction of sp³-hybridized carbons (Fsp3) is 0.333. The van der Waals surface area contributed by atoms with Crippen molar-refractivity contribution in [2.24, 2.45) is 0 Å². The maximum absolute atomic E-state index is 5.98. The molecule has 2 rings (SSSR count). The van der Waals surface area contributed by atoms with Crippen LogP contribution in [0.1, 0.15) is 26.5 Å². The van der Waals surface area contributed by atoms with Gasteiger partial charge in [0.2, 0.25) is 0 Å². The summed E-state index contributed by atoms with van der Waals surface area (Å²) in [4.78, 5) is 0. The highest BCUT2D eigenvalue weighted by Crippen LogP contribution is 2.28. The topological polar surface area (TPSA) is 56.7 Å². The largest absolute Gasteiger partial charge is 0.381 e.